The predicted octanol–water partition coefficient (Wildman–Crippen LogP) is 0.965. The molecular formula is C7H11BrN4. The van der Waals surface area contributed by atoms with Crippen LogP contribution in [0.4, 0.5) is 0 Å². The average molecular weight is 231 g/mol. The van der Waals surface area contributed by atoms with Gasteiger partial charge in [-0.15, -0.1) is 10.2 Å². The molecule has 12 heavy (non-hydrogen) atoms. The smallest absolute Gasteiger partial charge is 0.200 e. The fourth-order valence-corrected chi connectivity index (χ4v) is 2.03. The van der Waals surface area contributed by atoms with Gasteiger partial charge in [0.25, 0.3) is 0 Å². The molecule has 1 saturated heterocycles. The van der Waals surface area contributed by atoms with Gasteiger partial charge in [0, 0.05) is 6.04 Å². The maximum Gasteiger partial charge on any atom is 0.200 e. The molecular weight excluding hydrogens is 220 g/mol. The van der Waals surface area contributed by atoms with E-state index in [9.17, 15) is 0 Å². The monoisotopic (exact) mass is 230 g/mol. The van der Waals surface area contributed by atoms with Crippen molar-refractivity contribution in [2.24, 2.45) is 0 Å². The van der Waals surface area contributed by atoms with Crippen LogP contribution in [0.5, 0.6) is 0 Å². The first-order valence-electron chi connectivity index (χ1n) is 4.13. The van der Waals surface area contributed by atoms with Crippen molar-refractivity contribution in [3.8, 4) is 0 Å². The second-order valence-corrected chi connectivity index (χ2v) is 3.70. The van der Waals surface area contributed by atoms with Crippen molar-refractivity contribution in [1.29, 1.82) is 0 Å². The van der Waals surface area contributed by atoms with Crippen LogP contribution in [0.2, 0.25) is 0 Å². The van der Waals surface area contributed by atoms with Crippen molar-refractivity contribution in [3.63, 3.8) is 0 Å². The highest BCUT2D eigenvalue weighted by Gasteiger charge is 2.16. The topological polar surface area (TPSA) is 42.7 Å². The average Bonchev–Trinajstić information content (AvgIpc) is 2.53. The van der Waals surface area contributed by atoms with Gasteiger partial charge < -0.3 is 9.88 Å². The Labute approximate surface area is 79.5 Å². The molecule has 5 heteroatoms. The van der Waals surface area contributed by atoms with Crippen LogP contribution < -0.4 is 5.32 Å². The molecule has 0 spiro atoms. The number of hydrogen-bond donors (Lipinski definition) is 1. The van der Waals surface area contributed by atoms with Crippen LogP contribution in [0.3, 0.4) is 0 Å². The quantitative estimate of drug-likeness (QED) is 0.782. The number of aromatic nitrogens is 3. The van der Waals surface area contributed by atoms with Crippen LogP contribution in [-0.2, 0) is 0 Å². The van der Waals surface area contributed by atoms with Gasteiger partial charge in [0.05, 0.1) is 0 Å². The van der Waals surface area contributed by atoms with Gasteiger partial charge in [-0.1, -0.05) is 0 Å². The molecule has 1 aromatic rings. The molecule has 1 aliphatic rings. The Morgan fingerprint density at radius 3 is 2.83 bits per heavy atom. The summed E-state index contributed by atoms with van der Waals surface area (Å²) < 4.78 is 2.94. The van der Waals surface area contributed by atoms with Gasteiger partial charge in [0.2, 0.25) is 0 Å². The first-order chi connectivity index (χ1) is 5.88. The minimum atomic E-state index is 0.565. The van der Waals surface area contributed by atoms with E-state index in [1.54, 1.807) is 6.33 Å². The summed E-state index contributed by atoms with van der Waals surface area (Å²) in [6.07, 6.45) is 4.12. The molecule has 0 aliphatic carbocycles. The summed E-state index contributed by atoms with van der Waals surface area (Å²) in [6, 6.07) is 0.565. The highest BCUT2D eigenvalue weighted by Crippen LogP contribution is 2.21. The number of nitrogens with zero attached hydrogens (tertiary/aromatic N) is 3. The van der Waals surface area contributed by atoms with E-state index >= 15 is 0 Å². The summed E-state index contributed by atoms with van der Waals surface area (Å²) in [5.41, 5.74) is 0. The van der Waals surface area contributed by atoms with Gasteiger partial charge in [-0.25, -0.2) is 0 Å². The van der Waals surface area contributed by atoms with Crippen molar-refractivity contribution in [2.45, 2.75) is 18.9 Å². The molecule has 0 aromatic carbocycles. The number of nitrogens with one attached hydrogen (secondary N) is 1. The minimum absolute atomic E-state index is 0.565. The second-order valence-electron chi connectivity index (χ2n) is 2.99. The fourth-order valence-electron chi connectivity index (χ4n) is 1.56. The Balaban J connectivity index is 2.13. The number of hydrogen-bond acceptors (Lipinski definition) is 3. The van der Waals surface area contributed by atoms with Crippen LogP contribution in [0, 0.1) is 0 Å². The van der Waals surface area contributed by atoms with Crippen molar-refractivity contribution in [3.05, 3.63) is 11.1 Å². The fraction of sp³-hybridized carbons (Fsp3) is 0.714. The van der Waals surface area contributed by atoms with Crippen LogP contribution in [-0.4, -0.2) is 27.9 Å². The van der Waals surface area contributed by atoms with Crippen LogP contribution in [0.1, 0.15) is 18.9 Å². The molecule has 4 nitrogen and oxygen atoms in total. The van der Waals surface area contributed by atoms with Crippen LogP contribution in [0.15, 0.2) is 11.1 Å². The first kappa shape index (κ1) is 8.19. The third kappa shape index (κ3) is 1.51. The predicted molar refractivity (Wildman–Crippen MR) is 48.9 cm³/mol. The summed E-state index contributed by atoms with van der Waals surface area (Å²) in [5, 5.41) is 11.1. The van der Waals surface area contributed by atoms with Gasteiger partial charge in [-0.05, 0) is 41.9 Å². The summed E-state index contributed by atoms with van der Waals surface area (Å²) in [5.74, 6) is 0. The zero-order valence-corrected chi connectivity index (χ0v) is 8.29. The Hall–Kier alpha value is -0.420. The maximum atomic E-state index is 3.90. The van der Waals surface area contributed by atoms with Crippen molar-refractivity contribution >= 4 is 15.9 Å². The second kappa shape index (κ2) is 3.53. The number of rotatable bonds is 1. The highest BCUT2D eigenvalue weighted by molar-refractivity contribution is 9.10. The van der Waals surface area contributed by atoms with Gasteiger partial charge >= 0.3 is 0 Å². The molecule has 0 atom stereocenters. The van der Waals surface area contributed by atoms with Crippen LogP contribution >= 0.6 is 15.9 Å². The standard InChI is InChI=1S/C7H11BrN4/c8-7-11-10-5-12(7)6-1-3-9-4-2-6/h5-6,9H,1-4H2. The highest BCUT2D eigenvalue weighted by atomic mass is 79.9. The Bertz CT molecular complexity index is 254. The van der Waals surface area contributed by atoms with Gasteiger partial charge in [-0.2, -0.15) is 0 Å². The van der Waals surface area contributed by atoms with E-state index in [4.69, 9.17) is 0 Å². The third-order valence-corrected chi connectivity index (χ3v) is 2.80. The summed E-state index contributed by atoms with van der Waals surface area (Å²) in [7, 11) is 0. The van der Waals surface area contributed by atoms with E-state index in [0.29, 0.717) is 6.04 Å². The van der Waals surface area contributed by atoms with Crippen molar-refractivity contribution in [2.75, 3.05) is 13.1 Å². The zero-order chi connectivity index (χ0) is 8.39. The lowest BCUT2D eigenvalue weighted by Crippen LogP contribution is -2.29. The molecule has 1 N–H and O–H groups in total. The molecule has 0 radical (unpaired) electrons. The zero-order valence-electron chi connectivity index (χ0n) is 6.70. The molecule has 0 amide bonds. The largest absolute Gasteiger partial charge is 0.317 e. The number of piperidine rings is 1. The third-order valence-electron chi connectivity index (χ3n) is 2.23. The van der Waals surface area contributed by atoms with Gasteiger partial charge in [0.1, 0.15) is 6.33 Å². The lowest BCUT2D eigenvalue weighted by atomic mass is 10.1. The Morgan fingerprint density at radius 1 is 1.50 bits per heavy atom. The summed E-state index contributed by atoms with van der Waals surface area (Å²) in [6.45, 7) is 2.19. The molecule has 0 unspecified atom stereocenters. The molecule has 0 saturated carbocycles. The lowest BCUT2D eigenvalue weighted by Gasteiger charge is -2.23. The molecule has 1 fully saturated rings. The van der Waals surface area contributed by atoms with E-state index in [1.165, 1.54) is 0 Å². The normalized spacial score (nSPS) is 19.8. The minimum Gasteiger partial charge on any atom is -0.317 e. The van der Waals surface area contributed by atoms with Gasteiger partial charge in [-0.3, -0.25) is 0 Å². The van der Waals surface area contributed by atoms with Crippen molar-refractivity contribution in [1.82, 2.24) is 20.1 Å². The van der Waals surface area contributed by atoms with Crippen LogP contribution in [0.25, 0.3) is 0 Å². The molecule has 0 bridgehead atoms. The summed E-state index contributed by atoms with van der Waals surface area (Å²) >= 11 is 3.37. The molecule has 2 rings (SSSR count). The molecule has 66 valence electrons. The van der Waals surface area contributed by atoms with Gasteiger partial charge in [0.15, 0.2) is 4.73 Å². The molecule has 2 heterocycles. The Morgan fingerprint density at radius 2 is 2.25 bits per heavy atom. The van der Waals surface area contributed by atoms with E-state index in [0.717, 1.165) is 30.7 Å². The SMILES string of the molecule is Brc1nncn1C1CCNCC1. The van der Waals surface area contributed by atoms with Crippen molar-refractivity contribution < 1.29 is 0 Å². The lowest BCUT2D eigenvalue weighted by molar-refractivity contribution is 0.363. The summed E-state index contributed by atoms with van der Waals surface area (Å²) in [4.78, 5) is 0. The maximum absolute atomic E-state index is 3.90. The number of halogens is 1. The van der Waals surface area contributed by atoms with E-state index in [1.807, 2.05) is 0 Å². The van der Waals surface area contributed by atoms with E-state index < -0.39 is 0 Å². The molecule has 1 aromatic heterocycles. The molecule has 1 aliphatic heterocycles. The van der Waals surface area contributed by atoms with E-state index in [-0.39, 0.29) is 0 Å². The Kier molecular flexibility index (Phi) is 2.41. The first-order valence-corrected chi connectivity index (χ1v) is 4.93. The van der Waals surface area contributed by atoms with E-state index in [2.05, 4.69) is 36.0 Å².